The lowest BCUT2D eigenvalue weighted by Gasteiger charge is -2.39. The van der Waals surface area contributed by atoms with Gasteiger partial charge in [0.1, 0.15) is 6.10 Å². The number of aliphatic hydroxyl groups excluding tert-OH is 3. The van der Waals surface area contributed by atoms with E-state index in [1.807, 2.05) is 0 Å². The Kier molecular flexibility index (Phi) is 3.06. The predicted octanol–water partition coefficient (Wildman–Crippen LogP) is -0.876. The topological polar surface area (TPSA) is 69.9 Å². The van der Waals surface area contributed by atoms with Crippen molar-refractivity contribution in [2.24, 2.45) is 5.92 Å². The van der Waals surface area contributed by atoms with E-state index in [9.17, 15) is 10.2 Å². The van der Waals surface area contributed by atoms with Crippen LogP contribution < -0.4 is 0 Å². The van der Waals surface area contributed by atoms with E-state index in [2.05, 4.69) is 0 Å². The van der Waals surface area contributed by atoms with Gasteiger partial charge in [-0.3, -0.25) is 0 Å². The minimum atomic E-state index is -0.777. The lowest BCUT2D eigenvalue weighted by atomic mass is 9.88. The molecule has 5 atom stereocenters. The average molecular weight is 176 g/mol. The summed E-state index contributed by atoms with van der Waals surface area (Å²) in [7, 11) is 0. The number of ether oxygens (including phenoxy) is 1. The zero-order valence-electron chi connectivity index (χ0n) is 7.34. The maximum atomic E-state index is 9.48. The molecule has 0 aromatic heterocycles. The normalized spacial score (nSPS) is 49.2. The molecule has 1 saturated heterocycles. The zero-order valence-corrected chi connectivity index (χ0v) is 7.34. The molecule has 0 radical (unpaired) electrons. The lowest BCUT2D eigenvalue weighted by Crippen LogP contribution is -2.53. The summed E-state index contributed by atoms with van der Waals surface area (Å²) in [5, 5.41) is 27.8. The molecule has 4 heteroatoms. The van der Waals surface area contributed by atoms with Crippen LogP contribution in [0.15, 0.2) is 0 Å². The van der Waals surface area contributed by atoms with Crippen molar-refractivity contribution in [2.45, 2.75) is 38.3 Å². The van der Waals surface area contributed by atoms with Crippen LogP contribution in [0.3, 0.4) is 0 Å². The van der Waals surface area contributed by atoms with Crippen molar-refractivity contribution in [1.82, 2.24) is 0 Å². The average Bonchev–Trinajstić information content (AvgIpc) is 2.08. The molecule has 1 aliphatic heterocycles. The van der Waals surface area contributed by atoms with Gasteiger partial charge in [-0.15, -0.1) is 0 Å². The summed E-state index contributed by atoms with van der Waals surface area (Å²) in [6, 6.07) is 0. The zero-order chi connectivity index (χ0) is 9.30. The van der Waals surface area contributed by atoms with Crippen molar-refractivity contribution in [3.63, 3.8) is 0 Å². The van der Waals surface area contributed by atoms with Crippen LogP contribution in [0.4, 0.5) is 0 Å². The van der Waals surface area contributed by atoms with E-state index in [4.69, 9.17) is 9.84 Å². The van der Waals surface area contributed by atoms with E-state index in [1.54, 1.807) is 13.8 Å². The standard InChI is InChI=1S/C8H16O4/c1-4-7(10)5(2)12-6(3-9)8(4)11/h4-11H,3H2,1-2H3/t4?,5?,6?,7-,8?/m0/s1. The molecule has 4 unspecified atom stereocenters. The fourth-order valence-electron chi connectivity index (χ4n) is 1.56. The molecule has 4 nitrogen and oxygen atoms in total. The van der Waals surface area contributed by atoms with Gasteiger partial charge in [-0.05, 0) is 6.92 Å². The third-order valence-corrected chi connectivity index (χ3v) is 2.51. The molecule has 3 N–H and O–H groups in total. The van der Waals surface area contributed by atoms with E-state index < -0.39 is 18.3 Å². The molecule has 1 fully saturated rings. The quantitative estimate of drug-likeness (QED) is 0.485. The fraction of sp³-hybridized carbons (Fsp3) is 1.00. The maximum absolute atomic E-state index is 9.48. The van der Waals surface area contributed by atoms with Crippen LogP contribution in [-0.4, -0.2) is 46.3 Å². The molecule has 0 aromatic carbocycles. The van der Waals surface area contributed by atoms with Crippen LogP contribution in [0.25, 0.3) is 0 Å². The van der Waals surface area contributed by atoms with Crippen molar-refractivity contribution in [2.75, 3.05) is 6.61 Å². The Morgan fingerprint density at radius 1 is 1.17 bits per heavy atom. The van der Waals surface area contributed by atoms with Gasteiger partial charge in [0.25, 0.3) is 0 Å². The lowest BCUT2D eigenvalue weighted by molar-refractivity contribution is -0.199. The first-order valence-electron chi connectivity index (χ1n) is 4.20. The summed E-state index contributed by atoms with van der Waals surface area (Å²) in [5.41, 5.74) is 0. The van der Waals surface area contributed by atoms with E-state index in [1.165, 1.54) is 0 Å². The highest BCUT2D eigenvalue weighted by molar-refractivity contribution is 4.87. The van der Waals surface area contributed by atoms with Crippen molar-refractivity contribution in [3.05, 3.63) is 0 Å². The smallest absolute Gasteiger partial charge is 0.107 e. The van der Waals surface area contributed by atoms with Crippen LogP contribution in [0, 0.1) is 5.92 Å². The number of aliphatic hydroxyl groups is 3. The van der Waals surface area contributed by atoms with Crippen LogP contribution >= 0.6 is 0 Å². The Morgan fingerprint density at radius 3 is 2.25 bits per heavy atom. The predicted molar refractivity (Wildman–Crippen MR) is 42.6 cm³/mol. The van der Waals surface area contributed by atoms with Crippen molar-refractivity contribution < 1.29 is 20.1 Å². The van der Waals surface area contributed by atoms with Gasteiger partial charge in [-0.25, -0.2) is 0 Å². The molecule has 1 heterocycles. The summed E-state index contributed by atoms with van der Waals surface area (Å²) in [6.45, 7) is 3.27. The molecule has 0 aromatic rings. The Balaban J connectivity index is 2.63. The summed E-state index contributed by atoms with van der Waals surface area (Å²) in [6.07, 6.45) is -2.30. The number of rotatable bonds is 1. The first kappa shape index (κ1) is 9.92. The minimum absolute atomic E-state index is 0.206. The molecule has 0 aliphatic carbocycles. The number of hydrogen-bond donors (Lipinski definition) is 3. The van der Waals surface area contributed by atoms with Crippen molar-refractivity contribution in [3.8, 4) is 0 Å². The summed E-state index contributed by atoms with van der Waals surface area (Å²) >= 11 is 0. The van der Waals surface area contributed by atoms with Gasteiger partial charge < -0.3 is 20.1 Å². The van der Waals surface area contributed by atoms with Gasteiger partial charge in [0, 0.05) is 5.92 Å². The summed E-state index contributed by atoms with van der Waals surface area (Å²) in [5.74, 6) is -0.245. The molecule has 0 spiro atoms. The van der Waals surface area contributed by atoms with Gasteiger partial charge in [-0.1, -0.05) is 6.92 Å². The highest BCUT2D eigenvalue weighted by atomic mass is 16.5. The Labute approximate surface area is 71.8 Å². The van der Waals surface area contributed by atoms with Gasteiger partial charge in [0.2, 0.25) is 0 Å². The molecule has 12 heavy (non-hydrogen) atoms. The first-order chi connectivity index (χ1) is 5.57. The Bertz CT molecular complexity index is 145. The molecule has 1 aliphatic rings. The molecule has 0 amide bonds. The highest BCUT2D eigenvalue weighted by Crippen LogP contribution is 2.25. The van der Waals surface area contributed by atoms with Crippen LogP contribution in [0.2, 0.25) is 0 Å². The molecule has 0 saturated carbocycles. The van der Waals surface area contributed by atoms with Crippen molar-refractivity contribution >= 4 is 0 Å². The largest absolute Gasteiger partial charge is 0.394 e. The molecule has 72 valence electrons. The Hall–Kier alpha value is -0.160. The van der Waals surface area contributed by atoms with E-state index in [-0.39, 0.29) is 18.6 Å². The molecular formula is C8H16O4. The number of hydrogen-bond acceptors (Lipinski definition) is 4. The first-order valence-corrected chi connectivity index (χ1v) is 4.20. The SMILES string of the molecule is CC1OC(CO)C(O)C(C)[C@@H]1O. The third-order valence-electron chi connectivity index (χ3n) is 2.51. The Morgan fingerprint density at radius 2 is 1.75 bits per heavy atom. The van der Waals surface area contributed by atoms with Gasteiger partial charge in [0.05, 0.1) is 24.9 Å². The second kappa shape index (κ2) is 3.70. The van der Waals surface area contributed by atoms with Crippen molar-refractivity contribution in [1.29, 1.82) is 0 Å². The second-order valence-electron chi connectivity index (χ2n) is 3.40. The second-order valence-corrected chi connectivity index (χ2v) is 3.40. The molecule has 1 rings (SSSR count). The molecular weight excluding hydrogens is 160 g/mol. The van der Waals surface area contributed by atoms with Gasteiger partial charge >= 0.3 is 0 Å². The fourth-order valence-corrected chi connectivity index (χ4v) is 1.56. The van der Waals surface area contributed by atoms with Crippen LogP contribution in [-0.2, 0) is 4.74 Å². The minimum Gasteiger partial charge on any atom is -0.394 e. The monoisotopic (exact) mass is 176 g/mol. The highest BCUT2D eigenvalue weighted by Gasteiger charge is 2.39. The third kappa shape index (κ3) is 1.61. The van der Waals surface area contributed by atoms with E-state index in [0.29, 0.717) is 0 Å². The van der Waals surface area contributed by atoms with E-state index in [0.717, 1.165) is 0 Å². The molecule has 0 bridgehead atoms. The van der Waals surface area contributed by atoms with Crippen LogP contribution in [0.5, 0.6) is 0 Å². The van der Waals surface area contributed by atoms with Gasteiger partial charge in [-0.2, -0.15) is 0 Å². The van der Waals surface area contributed by atoms with Gasteiger partial charge in [0.15, 0.2) is 0 Å². The summed E-state index contributed by atoms with van der Waals surface area (Å²) < 4.78 is 5.18. The van der Waals surface area contributed by atoms with E-state index >= 15 is 0 Å². The van der Waals surface area contributed by atoms with Crippen LogP contribution in [0.1, 0.15) is 13.8 Å². The summed E-state index contributed by atoms with van der Waals surface area (Å²) in [4.78, 5) is 0. The maximum Gasteiger partial charge on any atom is 0.107 e.